The van der Waals surface area contributed by atoms with Gasteiger partial charge in [0.1, 0.15) is 11.9 Å². The molecule has 0 atom stereocenters. The molecule has 1 amide bonds. The van der Waals surface area contributed by atoms with E-state index in [0.717, 1.165) is 0 Å². The van der Waals surface area contributed by atoms with Crippen molar-refractivity contribution in [2.75, 3.05) is 12.3 Å². The Morgan fingerprint density at radius 3 is 2.94 bits per heavy atom. The maximum atomic E-state index is 11.3. The minimum atomic E-state index is -0.486. The van der Waals surface area contributed by atoms with Crippen molar-refractivity contribution < 1.29 is 9.72 Å². The molecule has 1 N–H and O–H groups in total. The number of carbonyl (C=O) groups is 1. The highest BCUT2D eigenvalue weighted by molar-refractivity contribution is 7.80. The third-order valence-corrected chi connectivity index (χ3v) is 2.34. The zero-order valence-corrected chi connectivity index (χ0v) is 10.3. The summed E-state index contributed by atoms with van der Waals surface area (Å²) in [5.41, 5.74) is 0.325. The Balaban J connectivity index is 2.50. The van der Waals surface area contributed by atoms with Crippen LogP contribution in [0.1, 0.15) is 12.1 Å². The van der Waals surface area contributed by atoms with Gasteiger partial charge in [0.15, 0.2) is 0 Å². The first-order chi connectivity index (χ1) is 8.04. The molecule has 0 spiro atoms. The van der Waals surface area contributed by atoms with Crippen LogP contribution in [-0.4, -0.2) is 32.9 Å². The van der Waals surface area contributed by atoms with Crippen LogP contribution in [0.5, 0.6) is 0 Å². The molecule has 0 saturated heterocycles. The van der Waals surface area contributed by atoms with Gasteiger partial charge in [0.25, 0.3) is 0 Å². The topological polar surface area (TPSA) is 90.1 Å². The molecule has 0 aliphatic heterocycles. The fourth-order valence-electron chi connectivity index (χ4n) is 1.30. The fourth-order valence-corrected chi connectivity index (χ4v) is 1.41. The van der Waals surface area contributed by atoms with Crippen LogP contribution in [0.25, 0.3) is 0 Å². The molecule has 1 aromatic heterocycles. The monoisotopic (exact) mass is 258 g/mol. The fraction of sp³-hybridized carbons (Fsp3) is 0.556. The van der Waals surface area contributed by atoms with Crippen molar-refractivity contribution in [1.29, 1.82) is 0 Å². The quantitative estimate of drug-likeness (QED) is 0.442. The van der Waals surface area contributed by atoms with Crippen LogP contribution in [0.15, 0.2) is 6.20 Å². The molecule has 1 heterocycles. The van der Waals surface area contributed by atoms with Crippen LogP contribution in [0.2, 0.25) is 0 Å². The van der Waals surface area contributed by atoms with E-state index in [4.69, 9.17) is 0 Å². The highest BCUT2D eigenvalue weighted by Crippen LogP contribution is 2.14. The molecule has 1 rings (SSSR count). The van der Waals surface area contributed by atoms with Gasteiger partial charge < -0.3 is 5.32 Å². The Labute approximate surface area is 104 Å². The smallest absolute Gasteiger partial charge is 0.309 e. The van der Waals surface area contributed by atoms with Gasteiger partial charge in [0.2, 0.25) is 5.91 Å². The second kappa shape index (κ2) is 6.24. The standard InChI is InChI=1S/C9H14N4O3S/c1-7-8(13(15)16)6-12(11-7)4-2-9(14)10-3-5-17/h6,17H,2-5H2,1H3,(H,10,14). The van der Waals surface area contributed by atoms with Gasteiger partial charge in [-0.15, -0.1) is 0 Å². The number of hydrogen-bond donors (Lipinski definition) is 2. The molecule has 0 aromatic carbocycles. The zero-order chi connectivity index (χ0) is 12.8. The lowest BCUT2D eigenvalue weighted by Crippen LogP contribution is -2.26. The van der Waals surface area contributed by atoms with Gasteiger partial charge in [-0.3, -0.25) is 19.6 Å². The molecule has 0 fully saturated rings. The normalized spacial score (nSPS) is 10.2. The van der Waals surface area contributed by atoms with E-state index in [-0.39, 0.29) is 18.0 Å². The number of carbonyl (C=O) groups excluding carboxylic acids is 1. The van der Waals surface area contributed by atoms with E-state index in [2.05, 4.69) is 23.0 Å². The van der Waals surface area contributed by atoms with Gasteiger partial charge >= 0.3 is 5.69 Å². The summed E-state index contributed by atoms with van der Waals surface area (Å²) in [6.45, 7) is 2.41. The Morgan fingerprint density at radius 1 is 1.71 bits per heavy atom. The summed E-state index contributed by atoms with van der Waals surface area (Å²) in [6.07, 6.45) is 1.58. The van der Waals surface area contributed by atoms with Crippen LogP contribution < -0.4 is 5.32 Å². The molecule has 0 saturated carbocycles. The summed E-state index contributed by atoms with van der Waals surface area (Å²) < 4.78 is 1.41. The molecule has 0 aliphatic rings. The maximum absolute atomic E-state index is 11.3. The Kier molecular flexibility index (Phi) is 4.95. The first-order valence-corrected chi connectivity index (χ1v) is 5.74. The highest BCUT2D eigenvalue weighted by atomic mass is 32.1. The van der Waals surface area contributed by atoms with E-state index in [1.165, 1.54) is 10.9 Å². The van der Waals surface area contributed by atoms with Crippen LogP contribution >= 0.6 is 12.6 Å². The lowest BCUT2D eigenvalue weighted by molar-refractivity contribution is -0.385. The first kappa shape index (κ1) is 13.5. The van der Waals surface area contributed by atoms with Crippen molar-refractivity contribution in [3.63, 3.8) is 0 Å². The molecular formula is C9H14N4O3S. The minimum Gasteiger partial charge on any atom is -0.355 e. The predicted octanol–water partition coefficient (Wildman–Crippen LogP) is 0.536. The van der Waals surface area contributed by atoms with Gasteiger partial charge in [-0.1, -0.05) is 0 Å². The molecular weight excluding hydrogens is 244 g/mol. The number of nitro groups is 1. The van der Waals surface area contributed by atoms with Crippen LogP contribution in [0, 0.1) is 17.0 Å². The molecule has 17 heavy (non-hydrogen) atoms. The van der Waals surface area contributed by atoms with E-state index in [9.17, 15) is 14.9 Å². The molecule has 0 radical (unpaired) electrons. The average Bonchev–Trinajstić information content (AvgIpc) is 2.65. The third kappa shape index (κ3) is 4.06. The number of aromatic nitrogens is 2. The Bertz CT molecular complexity index is 418. The first-order valence-electron chi connectivity index (χ1n) is 5.10. The van der Waals surface area contributed by atoms with Crippen LogP contribution in [-0.2, 0) is 11.3 Å². The van der Waals surface area contributed by atoms with E-state index in [1.54, 1.807) is 6.92 Å². The predicted molar refractivity (Wildman–Crippen MR) is 65.1 cm³/mol. The van der Waals surface area contributed by atoms with Crippen molar-refractivity contribution in [2.24, 2.45) is 0 Å². The van der Waals surface area contributed by atoms with Gasteiger partial charge in [0.05, 0.1) is 4.92 Å². The molecule has 0 aliphatic carbocycles. The number of rotatable bonds is 6. The summed E-state index contributed by atoms with van der Waals surface area (Å²) in [5, 5.41) is 17.2. The van der Waals surface area contributed by atoms with Crippen molar-refractivity contribution in [2.45, 2.75) is 19.9 Å². The van der Waals surface area contributed by atoms with Crippen LogP contribution in [0.4, 0.5) is 5.69 Å². The van der Waals surface area contributed by atoms with Gasteiger partial charge in [-0.2, -0.15) is 17.7 Å². The number of nitrogens with one attached hydrogen (secondary N) is 1. The van der Waals surface area contributed by atoms with E-state index >= 15 is 0 Å². The molecule has 7 nitrogen and oxygen atoms in total. The van der Waals surface area contributed by atoms with Crippen molar-refractivity contribution in [1.82, 2.24) is 15.1 Å². The van der Waals surface area contributed by atoms with Gasteiger partial charge in [-0.25, -0.2) is 0 Å². The van der Waals surface area contributed by atoms with Crippen molar-refractivity contribution in [3.05, 3.63) is 22.0 Å². The second-order valence-electron chi connectivity index (χ2n) is 3.44. The molecule has 0 bridgehead atoms. The molecule has 1 aromatic rings. The van der Waals surface area contributed by atoms with E-state index in [0.29, 0.717) is 24.5 Å². The molecule has 94 valence electrons. The average molecular weight is 258 g/mol. The summed E-state index contributed by atoms with van der Waals surface area (Å²) in [6, 6.07) is 0. The van der Waals surface area contributed by atoms with E-state index in [1.807, 2.05) is 0 Å². The Morgan fingerprint density at radius 2 is 2.41 bits per heavy atom. The van der Waals surface area contributed by atoms with Crippen molar-refractivity contribution in [3.8, 4) is 0 Å². The number of aryl methyl sites for hydroxylation is 2. The molecule has 8 heteroatoms. The number of hydrogen-bond acceptors (Lipinski definition) is 5. The largest absolute Gasteiger partial charge is 0.355 e. The lowest BCUT2D eigenvalue weighted by atomic mass is 10.4. The summed E-state index contributed by atoms with van der Waals surface area (Å²) >= 11 is 3.97. The highest BCUT2D eigenvalue weighted by Gasteiger charge is 2.15. The molecule has 0 unspecified atom stereocenters. The van der Waals surface area contributed by atoms with Crippen LogP contribution in [0.3, 0.4) is 0 Å². The van der Waals surface area contributed by atoms with Crippen molar-refractivity contribution >= 4 is 24.2 Å². The number of thiol groups is 1. The third-order valence-electron chi connectivity index (χ3n) is 2.12. The summed E-state index contributed by atoms with van der Waals surface area (Å²) in [4.78, 5) is 21.4. The number of nitrogens with zero attached hydrogens (tertiary/aromatic N) is 3. The number of amides is 1. The second-order valence-corrected chi connectivity index (χ2v) is 3.89. The van der Waals surface area contributed by atoms with Gasteiger partial charge in [0, 0.05) is 25.3 Å². The summed E-state index contributed by atoms with van der Waals surface area (Å²) in [7, 11) is 0. The Hall–Kier alpha value is -1.57. The lowest BCUT2D eigenvalue weighted by Gasteiger charge is -2.02. The maximum Gasteiger partial charge on any atom is 0.309 e. The van der Waals surface area contributed by atoms with Gasteiger partial charge in [-0.05, 0) is 6.92 Å². The minimum absolute atomic E-state index is 0.0271. The zero-order valence-electron chi connectivity index (χ0n) is 9.42. The summed E-state index contributed by atoms with van der Waals surface area (Å²) in [5.74, 6) is 0.466. The van der Waals surface area contributed by atoms with E-state index < -0.39 is 4.92 Å². The SMILES string of the molecule is Cc1nn(CCC(=O)NCCS)cc1[N+](=O)[O-].